The van der Waals surface area contributed by atoms with Crippen LogP contribution in [0.25, 0.3) is 0 Å². The summed E-state index contributed by atoms with van der Waals surface area (Å²) >= 11 is 1.22. The topological polar surface area (TPSA) is 84.5 Å². The van der Waals surface area contributed by atoms with E-state index in [4.69, 9.17) is 0 Å². The Morgan fingerprint density at radius 3 is 2.58 bits per heavy atom. The quantitative estimate of drug-likeness (QED) is 0.777. The standard InChI is InChI=1S/C15H12F2N2O4S/c16-10-4-3-9(6-11(10)17)19-13(20)8-23-14(21)7-18-15(22)12-2-1-5-24-12/h1-6H,7-8H2,(H,18,22)(H,19,20). The number of hydrogen-bond donors (Lipinski definition) is 2. The Kier molecular flexibility index (Phi) is 5.96. The van der Waals surface area contributed by atoms with E-state index in [1.165, 1.54) is 17.4 Å². The Morgan fingerprint density at radius 2 is 1.92 bits per heavy atom. The lowest BCUT2D eigenvalue weighted by atomic mass is 10.3. The van der Waals surface area contributed by atoms with Gasteiger partial charge in [-0.15, -0.1) is 11.3 Å². The molecule has 0 bridgehead atoms. The summed E-state index contributed by atoms with van der Waals surface area (Å²) in [5.74, 6) is -4.10. The maximum atomic E-state index is 13.0. The zero-order valence-corrected chi connectivity index (χ0v) is 13.0. The highest BCUT2D eigenvalue weighted by Gasteiger charge is 2.12. The first kappa shape index (κ1) is 17.5. The van der Waals surface area contributed by atoms with Gasteiger partial charge in [0.15, 0.2) is 18.2 Å². The van der Waals surface area contributed by atoms with Crippen LogP contribution in [-0.4, -0.2) is 30.9 Å². The van der Waals surface area contributed by atoms with E-state index in [1.54, 1.807) is 17.5 Å². The van der Waals surface area contributed by atoms with E-state index >= 15 is 0 Å². The minimum absolute atomic E-state index is 0.0287. The number of amides is 2. The fourth-order valence-electron chi connectivity index (χ4n) is 1.62. The highest BCUT2D eigenvalue weighted by atomic mass is 32.1. The van der Waals surface area contributed by atoms with Gasteiger partial charge in [0, 0.05) is 11.8 Å². The lowest BCUT2D eigenvalue weighted by Crippen LogP contribution is -2.31. The number of hydrogen-bond acceptors (Lipinski definition) is 5. The van der Waals surface area contributed by atoms with Gasteiger partial charge in [-0.2, -0.15) is 0 Å². The summed E-state index contributed by atoms with van der Waals surface area (Å²) in [5, 5.41) is 6.31. The fraction of sp³-hybridized carbons (Fsp3) is 0.133. The van der Waals surface area contributed by atoms with Gasteiger partial charge < -0.3 is 15.4 Å². The third kappa shape index (κ3) is 5.13. The van der Waals surface area contributed by atoms with Gasteiger partial charge in [0.2, 0.25) is 0 Å². The van der Waals surface area contributed by atoms with Crippen LogP contribution in [0.1, 0.15) is 9.67 Å². The maximum absolute atomic E-state index is 13.0. The molecule has 126 valence electrons. The number of benzene rings is 1. The van der Waals surface area contributed by atoms with Crippen LogP contribution in [0.4, 0.5) is 14.5 Å². The van der Waals surface area contributed by atoms with Crippen molar-refractivity contribution in [3.05, 3.63) is 52.2 Å². The van der Waals surface area contributed by atoms with Gasteiger partial charge >= 0.3 is 5.97 Å². The highest BCUT2D eigenvalue weighted by Crippen LogP contribution is 2.12. The predicted octanol–water partition coefficient (Wildman–Crippen LogP) is 1.94. The van der Waals surface area contributed by atoms with Crippen LogP contribution in [0.3, 0.4) is 0 Å². The Bertz CT molecular complexity index is 750. The molecule has 2 rings (SSSR count). The van der Waals surface area contributed by atoms with Crippen LogP contribution in [0.5, 0.6) is 0 Å². The molecule has 0 aliphatic rings. The summed E-state index contributed by atoms with van der Waals surface area (Å²) in [6.45, 7) is -1.01. The van der Waals surface area contributed by atoms with E-state index in [0.717, 1.165) is 12.1 Å². The summed E-state index contributed by atoms with van der Waals surface area (Å²) in [4.78, 5) is 35.0. The second-order valence-corrected chi connectivity index (χ2v) is 5.45. The molecule has 0 aliphatic heterocycles. The number of anilines is 1. The van der Waals surface area contributed by atoms with Crippen molar-refractivity contribution in [1.82, 2.24) is 5.32 Å². The van der Waals surface area contributed by atoms with E-state index < -0.39 is 42.6 Å². The van der Waals surface area contributed by atoms with Crippen LogP contribution in [0.2, 0.25) is 0 Å². The van der Waals surface area contributed by atoms with Crippen molar-refractivity contribution in [2.24, 2.45) is 0 Å². The molecule has 0 aliphatic carbocycles. The van der Waals surface area contributed by atoms with Crippen LogP contribution in [-0.2, 0) is 14.3 Å². The number of nitrogens with one attached hydrogen (secondary N) is 2. The molecule has 0 unspecified atom stereocenters. The average Bonchev–Trinajstić information content (AvgIpc) is 3.08. The van der Waals surface area contributed by atoms with Crippen molar-refractivity contribution in [2.75, 3.05) is 18.5 Å². The second-order valence-electron chi connectivity index (χ2n) is 4.50. The summed E-state index contributed by atoms with van der Waals surface area (Å²) < 4.78 is 30.4. The third-order valence-corrected chi connectivity index (χ3v) is 3.57. The Balaban J connectivity index is 1.72. The van der Waals surface area contributed by atoms with Gasteiger partial charge in [-0.1, -0.05) is 6.07 Å². The lowest BCUT2D eigenvalue weighted by molar-refractivity contribution is -0.146. The molecule has 2 amide bonds. The zero-order valence-electron chi connectivity index (χ0n) is 12.2. The van der Waals surface area contributed by atoms with Crippen LogP contribution >= 0.6 is 11.3 Å². The molecule has 0 fully saturated rings. The second kappa shape index (κ2) is 8.16. The van der Waals surface area contributed by atoms with Gasteiger partial charge in [-0.25, -0.2) is 8.78 Å². The van der Waals surface area contributed by atoms with E-state index in [2.05, 4.69) is 15.4 Å². The number of ether oxygens (including phenoxy) is 1. The molecule has 0 saturated heterocycles. The summed E-state index contributed by atoms with van der Waals surface area (Å²) in [7, 11) is 0. The van der Waals surface area contributed by atoms with E-state index in [9.17, 15) is 23.2 Å². The molecule has 1 aromatic heterocycles. The normalized spacial score (nSPS) is 10.1. The fourth-order valence-corrected chi connectivity index (χ4v) is 2.26. The number of esters is 1. The van der Waals surface area contributed by atoms with E-state index in [1.807, 2.05) is 0 Å². The summed E-state index contributed by atoms with van der Waals surface area (Å²) in [6, 6.07) is 6.12. The van der Waals surface area contributed by atoms with Crippen molar-refractivity contribution in [1.29, 1.82) is 0 Å². The molecular weight excluding hydrogens is 342 g/mol. The number of halogens is 2. The van der Waals surface area contributed by atoms with Crippen LogP contribution in [0, 0.1) is 11.6 Å². The zero-order chi connectivity index (χ0) is 17.5. The van der Waals surface area contributed by atoms with Gasteiger partial charge in [0.1, 0.15) is 6.54 Å². The Morgan fingerprint density at radius 1 is 1.12 bits per heavy atom. The molecular formula is C15H12F2N2O4S. The van der Waals surface area contributed by atoms with Crippen molar-refractivity contribution in [3.8, 4) is 0 Å². The number of rotatable bonds is 6. The number of carbonyl (C=O) groups is 3. The first-order chi connectivity index (χ1) is 11.5. The Labute approximate surface area is 139 Å². The van der Waals surface area contributed by atoms with Gasteiger partial charge in [0.05, 0.1) is 4.88 Å². The number of carbonyl (C=O) groups excluding carboxylic acids is 3. The maximum Gasteiger partial charge on any atom is 0.325 e. The van der Waals surface area contributed by atoms with Crippen molar-refractivity contribution in [3.63, 3.8) is 0 Å². The van der Waals surface area contributed by atoms with Crippen molar-refractivity contribution >= 4 is 34.8 Å². The SMILES string of the molecule is O=C(COC(=O)CNC(=O)c1cccs1)Nc1ccc(F)c(F)c1. The third-order valence-electron chi connectivity index (χ3n) is 2.71. The predicted molar refractivity (Wildman–Crippen MR) is 82.6 cm³/mol. The van der Waals surface area contributed by atoms with E-state index in [0.29, 0.717) is 4.88 Å². The molecule has 0 spiro atoms. The van der Waals surface area contributed by atoms with Crippen LogP contribution in [0.15, 0.2) is 35.7 Å². The molecule has 1 heterocycles. The minimum Gasteiger partial charge on any atom is -0.454 e. The molecule has 0 atom stereocenters. The monoisotopic (exact) mass is 354 g/mol. The smallest absolute Gasteiger partial charge is 0.325 e. The summed E-state index contributed by atoms with van der Waals surface area (Å²) in [6.07, 6.45) is 0. The molecule has 1 aromatic carbocycles. The van der Waals surface area contributed by atoms with Gasteiger partial charge in [-0.3, -0.25) is 14.4 Å². The lowest BCUT2D eigenvalue weighted by Gasteiger charge is -2.07. The first-order valence-electron chi connectivity index (χ1n) is 6.68. The number of thiophene rings is 1. The minimum atomic E-state index is -1.11. The van der Waals surface area contributed by atoms with E-state index in [-0.39, 0.29) is 5.69 Å². The molecule has 24 heavy (non-hydrogen) atoms. The largest absolute Gasteiger partial charge is 0.454 e. The van der Waals surface area contributed by atoms with Crippen molar-refractivity contribution in [2.45, 2.75) is 0 Å². The molecule has 0 radical (unpaired) electrons. The summed E-state index contributed by atoms with van der Waals surface area (Å²) in [5.41, 5.74) is 0.0287. The van der Waals surface area contributed by atoms with Crippen LogP contribution < -0.4 is 10.6 Å². The molecule has 6 nitrogen and oxygen atoms in total. The highest BCUT2D eigenvalue weighted by molar-refractivity contribution is 7.12. The average molecular weight is 354 g/mol. The molecule has 2 aromatic rings. The van der Waals surface area contributed by atoms with Gasteiger partial charge in [-0.05, 0) is 23.6 Å². The molecule has 0 saturated carbocycles. The molecule has 9 heteroatoms. The Hall–Kier alpha value is -2.81. The first-order valence-corrected chi connectivity index (χ1v) is 7.56. The molecule has 2 N–H and O–H groups in total. The van der Waals surface area contributed by atoms with Gasteiger partial charge in [0.25, 0.3) is 11.8 Å². The van der Waals surface area contributed by atoms with Crippen molar-refractivity contribution < 1.29 is 27.9 Å².